The molecule has 4 rings (SSSR count). The number of rotatable bonds is 10. The SMILES string of the molecule is CCOc1cc(CNC2CCN(c3ncccn3)CC2)ccc1OCC(=O)Nc1ccccc1. The van der Waals surface area contributed by atoms with Gasteiger partial charge in [-0.15, -0.1) is 0 Å². The van der Waals surface area contributed by atoms with E-state index in [9.17, 15) is 4.79 Å². The van der Waals surface area contributed by atoms with Crippen molar-refractivity contribution in [1.29, 1.82) is 0 Å². The number of hydrogen-bond acceptors (Lipinski definition) is 7. The Balaban J connectivity index is 1.27. The lowest BCUT2D eigenvalue weighted by Gasteiger charge is -2.32. The summed E-state index contributed by atoms with van der Waals surface area (Å²) >= 11 is 0. The molecule has 1 aromatic heterocycles. The van der Waals surface area contributed by atoms with E-state index in [0.717, 1.165) is 49.7 Å². The molecule has 0 aliphatic carbocycles. The largest absolute Gasteiger partial charge is 0.490 e. The lowest BCUT2D eigenvalue weighted by atomic mass is 10.0. The first-order chi connectivity index (χ1) is 16.7. The molecule has 0 atom stereocenters. The van der Waals surface area contributed by atoms with Crippen molar-refractivity contribution in [3.8, 4) is 11.5 Å². The molecule has 0 saturated carbocycles. The van der Waals surface area contributed by atoms with Crippen LogP contribution in [-0.2, 0) is 11.3 Å². The highest BCUT2D eigenvalue weighted by Gasteiger charge is 2.20. The second-order valence-electron chi connectivity index (χ2n) is 8.11. The third-order valence-electron chi connectivity index (χ3n) is 5.65. The van der Waals surface area contributed by atoms with Crippen LogP contribution in [-0.4, -0.2) is 48.2 Å². The number of carbonyl (C=O) groups excluding carboxylic acids is 1. The maximum Gasteiger partial charge on any atom is 0.262 e. The Morgan fingerprint density at radius 2 is 1.76 bits per heavy atom. The van der Waals surface area contributed by atoms with E-state index in [1.165, 1.54) is 0 Å². The molecule has 178 valence electrons. The Bertz CT molecular complexity index is 1040. The Morgan fingerprint density at radius 1 is 1.00 bits per heavy atom. The van der Waals surface area contributed by atoms with Crippen LogP contribution < -0.4 is 25.0 Å². The number of para-hydroxylation sites is 1. The van der Waals surface area contributed by atoms with Crippen LogP contribution >= 0.6 is 0 Å². The first-order valence-electron chi connectivity index (χ1n) is 11.7. The van der Waals surface area contributed by atoms with Crippen LogP contribution in [0.2, 0.25) is 0 Å². The van der Waals surface area contributed by atoms with Crippen LogP contribution in [0.15, 0.2) is 67.0 Å². The van der Waals surface area contributed by atoms with Crippen LogP contribution in [0.25, 0.3) is 0 Å². The van der Waals surface area contributed by atoms with E-state index in [1.807, 2.05) is 61.5 Å². The number of benzene rings is 2. The van der Waals surface area contributed by atoms with E-state index >= 15 is 0 Å². The number of hydrogen-bond donors (Lipinski definition) is 2. The highest BCUT2D eigenvalue weighted by molar-refractivity contribution is 5.91. The van der Waals surface area contributed by atoms with Crippen molar-refractivity contribution in [2.75, 3.05) is 36.5 Å². The zero-order valence-corrected chi connectivity index (χ0v) is 19.4. The molecule has 1 fully saturated rings. The summed E-state index contributed by atoms with van der Waals surface area (Å²) in [4.78, 5) is 23.1. The van der Waals surface area contributed by atoms with Crippen LogP contribution in [0.1, 0.15) is 25.3 Å². The van der Waals surface area contributed by atoms with Gasteiger partial charge in [-0.25, -0.2) is 9.97 Å². The van der Waals surface area contributed by atoms with Gasteiger partial charge in [0.1, 0.15) is 0 Å². The van der Waals surface area contributed by atoms with Crippen molar-refractivity contribution in [2.45, 2.75) is 32.4 Å². The van der Waals surface area contributed by atoms with Crippen LogP contribution in [0.4, 0.5) is 11.6 Å². The summed E-state index contributed by atoms with van der Waals surface area (Å²) in [5.41, 5.74) is 1.85. The van der Waals surface area contributed by atoms with Gasteiger partial charge in [0.15, 0.2) is 18.1 Å². The molecule has 8 nitrogen and oxygen atoms in total. The van der Waals surface area contributed by atoms with Crippen LogP contribution in [0.5, 0.6) is 11.5 Å². The normalized spacial score (nSPS) is 14.0. The molecule has 1 aliphatic rings. The van der Waals surface area contributed by atoms with Crippen molar-refractivity contribution in [3.63, 3.8) is 0 Å². The summed E-state index contributed by atoms with van der Waals surface area (Å²) in [5.74, 6) is 1.79. The monoisotopic (exact) mass is 461 g/mol. The maximum absolute atomic E-state index is 12.2. The number of nitrogens with zero attached hydrogens (tertiary/aromatic N) is 3. The van der Waals surface area contributed by atoms with Crippen LogP contribution in [0, 0.1) is 0 Å². The molecule has 8 heteroatoms. The average molecular weight is 462 g/mol. The summed E-state index contributed by atoms with van der Waals surface area (Å²) in [5, 5.41) is 6.47. The first-order valence-corrected chi connectivity index (χ1v) is 11.7. The molecule has 0 spiro atoms. The molecular formula is C26H31N5O3. The van der Waals surface area contributed by atoms with Gasteiger partial charge in [0.05, 0.1) is 6.61 Å². The van der Waals surface area contributed by atoms with Gasteiger partial charge in [0, 0.05) is 43.8 Å². The van der Waals surface area contributed by atoms with Crippen molar-refractivity contribution >= 4 is 17.5 Å². The summed E-state index contributed by atoms with van der Waals surface area (Å²) in [6.07, 6.45) is 5.64. The summed E-state index contributed by atoms with van der Waals surface area (Å²) in [7, 11) is 0. The molecule has 1 aliphatic heterocycles. The fraction of sp³-hybridized carbons (Fsp3) is 0.346. The predicted molar refractivity (Wildman–Crippen MR) is 132 cm³/mol. The number of anilines is 2. The zero-order valence-electron chi connectivity index (χ0n) is 19.4. The molecule has 2 aromatic carbocycles. The van der Waals surface area contributed by atoms with E-state index < -0.39 is 0 Å². The van der Waals surface area contributed by atoms with Gasteiger partial charge in [-0.05, 0) is 55.7 Å². The smallest absolute Gasteiger partial charge is 0.262 e. The minimum absolute atomic E-state index is 0.0870. The number of amides is 1. The van der Waals surface area contributed by atoms with Gasteiger partial charge in [0.25, 0.3) is 5.91 Å². The maximum atomic E-state index is 12.2. The Hall–Kier alpha value is -3.65. The number of piperidine rings is 1. The summed E-state index contributed by atoms with van der Waals surface area (Å²) < 4.78 is 11.5. The van der Waals surface area contributed by atoms with Crippen LogP contribution in [0.3, 0.4) is 0 Å². The standard InChI is InChI=1S/C26H31N5O3/c1-2-33-24-17-20(9-10-23(24)34-19-25(32)30-22-7-4-3-5-8-22)18-29-21-11-15-31(16-12-21)26-27-13-6-14-28-26/h3-10,13-14,17,21,29H,2,11-12,15-16,18-19H2,1H3,(H,30,32). The van der Waals surface area contributed by atoms with Gasteiger partial charge >= 0.3 is 0 Å². The molecular weight excluding hydrogens is 430 g/mol. The molecule has 3 aromatic rings. The van der Waals surface area contributed by atoms with Gasteiger partial charge in [0.2, 0.25) is 5.95 Å². The summed E-state index contributed by atoms with van der Waals surface area (Å²) in [6, 6.07) is 17.5. The van der Waals surface area contributed by atoms with Gasteiger partial charge in [-0.3, -0.25) is 4.79 Å². The van der Waals surface area contributed by atoms with Crippen molar-refractivity contribution in [3.05, 3.63) is 72.6 Å². The number of aromatic nitrogens is 2. The predicted octanol–water partition coefficient (Wildman–Crippen LogP) is 3.65. The molecule has 34 heavy (non-hydrogen) atoms. The van der Waals surface area contributed by atoms with Crippen molar-refractivity contribution < 1.29 is 14.3 Å². The number of ether oxygens (including phenoxy) is 2. The van der Waals surface area contributed by atoms with Crippen molar-refractivity contribution in [2.24, 2.45) is 0 Å². The van der Waals surface area contributed by atoms with E-state index in [4.69, 9.17) is 9.47 Å². The van der Waals surface area contributed by atoms with Gasteiger partial charge in [-0.2, -0.15) is 0 Å². The fourth-order valence-corrected chi connectivity index (χ4v) is 3.91. The third kappa shape index (κ3) is 6.68. The second kappa shape index (κ2) is 12.0. The number of carbonyl (C=O) groups is 1. The molecule has 2 N–H and O–H groups in total. The molecule has 0 bridgehead atoms. The van der Waals surface area contributed by atoms with E-state index in [-0.39, 0.29) is 12.5 Å². The molecule has 1 amide bonds. The quantitative estimate of drug-likeness (QED) is 0.476. The fourth-order valence-electron chi connectivity index (χ4n) is 3.91. The topological polar surface area (TPSA) is 88.6 Å². The first kappa shape index (κ1) is 23.5. The highest BCUT2D eigenvalue weighted by atomic mass is 16.5. The zero-order chi connectivity index (χ0) is 23.6. The Kier molecular flexibility index (Phi) is 8.29. The number of nitrogens with one attached hydrogen (secondary N) is 2. The average Bonchev–Trinajstić information content (AvgIpc) is 2.88. The van der Waals surface area contributed by atoms with Gasteiger partial charge < -0.3 is 25.0 Å². The lowest BCUT2D eigenvalue weighted by molar-refractivity contribution is -0.118. The Morgan fingerprint density at radius 3 is 2.50 bits per heavy atom. The Labute approximate surface area is 200 Å². The van der Waals surface area contributed by atoms with E-state index in [1.54, 1.807) is 12.4 Å². The minimum Gasteiger partial charge on any atom is -0.490 e. The molecule has 1 saturated heterocycles. The lowest BCUT2D eigenvalue weighted by Crippen LogP contribution is -2.42. The molecule has 2 heterocycles. The van der Waals surface area contributed by atoms with Gasteiger partial charge in [-0.1, -0.05) is 24.3 Å². The van der Waals surface area contributed by atoms with E-state index in [2.05, 4.69) is 25.5 Å². The van der Waals surface area contributed by atoms with E-state index in [0.29, 0.717) is 24.1 Å². The summed E-state index contributed by atoms with van der Waals surface area (Å²) in [6.45, 7) is 4.97. The second-order valence-corrected chi connectivity index (χ2v) is 8.11. The third-order valence-corrected chi connectivity index (χ3v) is 5.65. The minimum atomic E-state index is -0.216. The molecule has 0 radical (unpaired) electrons. The highest BCUT2D eigenvalue weighted by Crippen LogP contribution is 2.29. The molecule has 0 unspecified atom stereocenters. The van der Waals surface area contributed by atoms with Crippen molar-refractivity contribution in [1.82, 2.24) is 15.3 Å².